The lowest BCUT2D eigenvalue weighted by atomic mass is 10.1. The number of nitrogens with zero attached hydrogens (tertiary/aromatic N) is 3. The van der Waals surface area contributed by atoms with Gasteiger partial charge in [-0.15, -0.1) is 10.2 Å². The summed E-state index contributed by atoms with van der Waals surface area (Å²) >= 11 is 0. The highest BCUT2D eigenvalue weighted by atomic mass is 16.5. The molecule has 0 aliphatic heterocycles. The molecular weight excluding hydrogens is 302 g/mol. The van der Waals surface area contributed by atoms with Gasteiger partial charge in [-0.1, -0.05) is 43.7 Å². The van der Waals surface area contributed by atoms with Crippen LogP contribution in [0.4, 0.5) is 11.5 Å². The van der Waals surface area contributed by atoms with Crippen LogP contribution in [0.3, 0.4) is 0 Å². The average molecular weight is 321 g/mol. The minimum Gasteiger partial charge on any atom is -0.506 e. The Hall–Kier alpha value is -2.95. The van der Waals surface area contributed by atoms with E-state index in [9.17, 15) is 5.11 Å². The number of phenols is 1. The zero-order valence-electron chi connectivity index (χ0n) is 13.5. The minimum atomic E-state index is 0.0850. The number of aromatic nitrogens is 1. The fourth-order valence-electron chi connectivity index (χ4n) is 2.34. The Bertz CT molecular complexity index is 862. The Morgan fingerprint density at radius 2 is 1.92 bits per heavy atom. The highest BCUT2D eigenvalue weighted by Crippen LogP contribution is 2.36. The van der Waals surface area contributed by atoms with Crippen molar-refractivity contribution in [3.8, 4) is 11.5 Å². The monoisotopic (exact) mass is 321 g/mol. The number of fused-ring (bicyclic) bond motifs is 1. The molecule has 2 aromatic carbocycles. The van der Waals surface area contributed by atoms with Crippen molar-refractivity contribution in [1.82, 2.24) is 4.98 Å². The number of unbranched alkanes of at least 4 members (excludes halogenated alkanes) is 1. The van der Waals surface area contributed by atoms with Gasteiger partial charge in [-0.2, -0.15) is 0 Å². The standard InChI is InChI=1S/C19H19N3O2/c1-2-3-13-24-17-9-6-12-20-19(17)22-21-18-15-8-5-4-7-14(15)10-11-16(18)23/h4-12,23H,2-3,13H2,1H3/b22-21+. The molecule has 5 heteroatoms. The average Bonchev–Trinajstić information content (AvgIpc) is 2.62. The zero-order valence-corrected chi connectivity index (χ0v) is 13.5. The Morgan fingerprint density at radius 1 is 1.04 bits per heavy atom. The third kappa shape index (κ3) is 3.51. The third-order valence-corrected chi connectivity index (χ3v) is 3.63. The summed E-state index contributed by atoms with van der Waals surface area (Å²) in [6.07, 6.45) is 3.67. The number of azo groups is 1. The summed E-state index contributed by atoms with van der Waals surface area (Å²) < 4.78 is 5.70. The smallest absolute Gasteiger partial charge is 0.216 e. The first-order valence-corrected chi connectivity index (χ1v) is 8.00. The highest BCUT2D eigenvalue weighted by Gasteiger charge is 2.08. The van der Waals surface area contributed by atoms with Gasteiger partial charge in [0.25, 0.3) is 0 Å². The van der Waals surface area contributed by atoms with Crippen molar-refractivity contribution < 1.29 is 9.84 Å². The van der Waals surface area contributed by atoms with Crippen molar-refractivity contribution >= 4 is 22.3 Å². The second-order valence-electron chi connectivity index (χ2n) is 5.38. The number of phenolic OH excluding ortho intramolecular Hbond substituents is 1. The number of aromatic hydroxyl groups is 1. The van der Waals surface area contributed by atoms with Crippen LogP contribution in [0.5, 0.6) is 11.5 Å². The van der Waals surface area contributed by atoms with Crippen molar-refractivity contribution in [1.29, 1.82) is 0 Å². The predicted molar refractivity (Wildman–Crippen MR) is 94.4 cm³/mol. The van der Waals surface area contributed by atoms with E-state index < -0.39 is 0 Å². The van der Waals surface area contributed by atoms with Gasteiger partial charge in [-0.25, -0.2) is 4.98 Å². The lowest BCUT2D eigenvalue weighted by molar-refractivity contribution is 0.309. The summed E-state index contributed by atoms with van der Waals surface area (Å²) in [6, 6.07) is 14.8. The lowest BCUT2D eigenvalue weighted by Gasteiger charge is -2.07. The Kier molecular flexibility index (Phi) is 5.01. The summed E-state index contributed by atoms with van der Waals surface area (Å²) in [5, 5.41) is 20.4. The minimum absolute atomic E-state index is 0.0850. The maximum absolute atomic E-state index is 10.1. The van der Waals surface area contributed by atoms with E-state index in [2.05, 4.69) is 22.1 Å². The second kappa shape index (κ2) is 7.55. The zero-order chi connectivity index (χ0) is 16.8. The molecule has 1 aromatic heterocycles. The maximum atomic E-state index is 10.1. The molecule has 0 atom stereocenters. The van der Waals surface area contributed by atoms with Gasteiger partial charge in [0.15, 0.2) is 5.75 Å². The maximum Gasteiger partial charge on any atom is 0.216 e. The molecule has 122 valence electrons. The number of pyridine rings is 1. The molecule has 1 heterocycles. The van der Waals surface area contributed by atoms with Crippen LogP contribution >= 0.6 is 0 Å². The van der Waals surface area contributed by atoms with Gasteiger partial charge in [-0.3, -0.25) is 0 Å². The van der Waals surface area contributed by atoms with Crippen LogP contribution in [-0.2, 0) is 0 Å². The first kappa shape index (κ1) is 15.9. The van der Waals surface area contributed by atoms with E-state index in [1.807, 2.05) is 36.4 Å². The normalized spacial score (nSPS) is 11.2. The number of ether oxygens (including phenoxy) is 1. The van der Waals surface area contributed by atoms with Gasteiger partial charge in [-0.05, 0) is 30.0 Å². The van der Waals surface area contributed by atoms with E-state index in [1.54, 1.807) is 18.3 Å². The first-order chi connectivity index (χ1) is 11.8. The van der Waals surface area contributed by atoms with Crippen LogP contribution < -0.4 is 4.74 Å². The molecule has 0 unspecified atom stereocenters. The van der Waals surface area contributed by atoms with Crippen LogP contribution in [0.1, 0.15) is 19.8 Å². The topological polar surface area (TPSA) is 67.1 Å². The summed E-state index contributed by atoms with van der Waals surface area (Å²) in [5.41, 5.74) is 0.429. The molecule has 0 saturated heterocycles. The summed E-state index contributed by atoms with van der Waals surface area (Å²) in [4.78, 5) is 4.22. The lowest BCUT2D eigenvalue weighted by Crippen LogP contribution is -1.96. The van der Waals surface area contributed by atoms with Crippen LogP contribution in [0.15, 0.2) is 65.0 Å². The van der Waals surface area contributed by atoms with Crippen LogP contribution in [0.2, 0.25) is 0 Å². The van der Waals surface area contributed by atoms with E-state index in [-0.39, 0.29) is 5.75 Å². The number of benzene rings is 2. The molecule has 0 radical (unpaired) electrons. The third-order valence-electron chi connectivity index (χ3n) is 3.63. The first-order valence-electron chi connectivity index (χ1n) is 8.00. The van der Waals surface area contributed by atoms with Gasteiger partial charge in [0.1, 0.15) is 11.4 Å². The number of rotatable bonds is 6. The quantitative estimate of drug-likeness (QED) is 0.479. The SMILES string of the molecule is CCCCOc1cccnc1/N=N/c1c(O)ccc2ccccc12. The molecule has 1 N–H and O–H groups in total. The second-order valence-corrected chi connectivity index (χ2v) is 5.38. The Balaban J connectivity index is 1.93. The van der Waals surface area contributed by atoms with Crippen molar-refractivity contribution in [2.45, 2.75) is 19.8 Å². The molecule has 0 aliphatic carbocycles. The number of hydrogen-bond acceptors (Lipinski definition) is 5. The van der Waals surface area contributed by atoms with Crippen LogP contribution in [-0.4, -0.2) is 16.7 Å². The molecule has 0 spiro atoms. The fourth-order valence-corrected chi connectivity index (χ4v) is 2.34. The van der Waals surface area contributed by atoms with Crippen molar-refractivity contribution in [3.63, 3.8) is 0 Å². The molecular formula is C19H19N3O2. The van der Waals surface area contributed by atoms with Gasteiger partial charge < -0.3 is 9.84 Å². The van der Waals surface area contributed by atoms with E-state index in [1.165, 1.54) is 0 Å². The largest absolute Gasteiger partial charge is 0.506 e. The Morgan fingerprint density at radius 3 is 2.79 bits per heavy atom. The summed E-state index contributed by atoms with van der Waals surface area (Å²) in [5.74, 6) is 1.08. The molecule has 0 aliphatic rings. The van der Waals surface area contributed by atoms with Crippen LogP contribution in [0.25, 0.3) is 10.8 Å². The summed E-state index contributed by atoms with van der Waals surface area (Å²) in [7, 11) is 0. The van der Waals surface area contributed by atoms with Crippen LogP contribution in [0, 0.1) is 0 Å². The van der Waals surface area contributed by atoms with Crippen molar-refractivity contribution in [3.05, 3.63) is 54.7 Å². The molecule has 0 saturated carbocycles. The molecule has 3 rings (SSSR count). The molecule has 0 bridgehead atoms. The van der Waals surface area contributed by atoms with Gasteiger partial charge >= 0.3 is 0 Å². The van der Waals surface area contributed by atoms with E-state index in [4.69, 9.17) is 4.74 Å². The van der Waals surface area contributed by atoms with E-state index in [0.29, 0.717) is 23.9 Å². The van der Waals surface area contributed by atoms with Crippen molar-refractivity contribution in [2.24, 2.45) is 10.2 Å². The molecule has 3 aromatic rings. The van der Waals surface area contributed by atoms with E-state index >= 15 is 0 Å². The van der Waals surface area contributed by atoms with E-state index in [0.717, 1.165) is 23.6 Å². The molecule has 0 fully saturated rings. The molecule has 0 amide bonds. The van der Waals surface area contributed by atoms with Gasteiger partial charge in [0.2, 0.25) is 5.82 Å². The predicted octanol–water partition coefficient (Wildman–Crippen LogP) is 5.53. The fraction of sp³-hybridized carbons (Fsp3) is 0.211. The molecule has 24 heavy (non-hydrogen) atoms. The molecule has 5 nitrogen and oxygen atoms in total. The summed E-state index contributed by atoms with van der Waals surface area (Å²) in [6.45, 7) is 2.72. The number of hydrogen-bond donors (Lipinski definition) is 1. The van der Waals surface area contributed by atoms with Crippen molar-refractivity contribution in [2.75, 3.05) is 6.61 Å². The Labute approximate surface area is 140 Å². The van der Waals surface area contributed by atoms with Gasteiger partial charge in [0.05, 0.1) is 6.61 Å². The highest BCUT2D eigenvalue weighted by molar-refractivity contribution is 5.95. The van der Waals surface area contributed by atoms with Gasteiger partial charge in [0, 0.05) is 11.6 Å².